The van der Waals surface area contributed by atoms with Crippen molar-refractivity contribution in [3.05, 3.63) is 28.7 Å². The molecule has 3 heteroatoms. The van der Waals surface area contributed by atoms with Gasteiger partial charge in [0, 0.05) is 29.3 Å². The Labute approximate surface area is 113 Å². The van der Waals surface area contributed by atoms with Crippen molar-refractivity contribution >= 4 is 21.6 Å². The molecule has 1 unspecified atom stereocenters. The van der Waals surface area contributed by atoms with Crippen LogP contribution in [0, 0.1) is 0 Å². The Hall–Kier alpha value is -0.540. The zero-order valence-electron chi connectivity index (χ0n) is 10.5. The van der Waals surface area contributed by atoms with E-state index in [-0.39, 0.29) is 0 Å². The molecule has 1 heterocycles. The Balaban J connectivity index is 1.75. The van der Waals surface area contributed by atoms with Crippen LogP contribution in [0.25, 0.3) is 0 Å². The lowest BCUT2D eigenvalue weighted by Crippen LogP contribution is -2.40. The molecular weight excluding hydrogens is 276 g/mol. The fraction of sp³-hybridized carbons (Fsp3) is 0.571. The summed E-state index contributed by atoms with van der Waals surface area (Å²) in [5.74, 6) is 0. The van der Waals surface area contributed by atoms with Crippen LogP contribution < -0.4 is 5.32 Å². The highest BCUT2D eigenvalue weighted by Crippen LogP contribution is 2.17. The molecule has 0 aromatic heterocycles. The van der Waals surface area contributed by atoms with E-state index < -0.39 is 0 Å². The summed E-state index contributed by atoms with van der Waals surface area (Å²) in [7, 11) is 0. The van der Waals surface area contributed by atoms with E-state index in [0.717, 1.165) is 23.6 Å². The molecule has 94 valence electrons. The van der Waals surface area contributed by atoms with Gasteiger partial charge in [-0.1, -0.05) is 28.4 Å². The maximum Gasteiger partial charge on any atom is 0.0351 e. The number of rotatable bonds is 4. The van der Waals surface area contributed by atoms with Crippen molar-refractivity contribution in [2.24, 2.45) is 0 Å². The first kappa shape index (κ1) is 12.9. The molecule has 0 amide bonds. The summed E-state index contributed by atoms with van der Waals surface area (Å²) in [6.07, 6.45) is 4.12. The maximum absolute atomic E-state index is 3.49. The van der Waals surface area contributed by atoms with Gasteiger partial charge in [0.15, 0.2) is 0 Å². The van der Waals surface area contributed by atoms with Crippen molar-refractivity contribution in [3.8, 4) is 0 Å². The second-order valence-corrected chi connectivity index (χ2v) is 5.73. The number of nitrogens with zero attached hydrogens (tertiary/aromatic N) is 1. The highest BCUT2D eigenvalue weighted by Gasteiger charge is 2.16. The van der Waals surface area contributed by atoms with Crippen molar-refractivity contribution in [2.75, 3.05) is 25.0 Å². The van der Waals surface area contributed by atoms with Crippen molar-refractivity contribution in [1.82, 2.24) is 4.90 Å². The van der Waals surface area contributed by atoms with Gasteiger partial charge in [-0.05, 0) is 44.5 Å². The molecule has 0 aliphatic carbocycles. The molecule has 0 spiro atoms. The molecule has 1 fully saturated rings. The fourth-order valence-electron chi connectivity index (χ4n) is 2.43. The van der Waals surface area contributed by atoms with Gasteiger partial charge in [-0.15, -0.1) is 0 Å². The molecule has 1 atom stereocenters. The van der Waals surface area contributed by atoms with E-state index in [2.05, 4.69) is 57.3 Å². The van der Waals surface area contributed by atoms with Gasteiger partial charge in [-0.2, -0.15) is 0 Å². The zero-order chi connectivity index (χ0) is 12.1. The van der Waals surface area contributed by atoms with Crippen LogP contribution in [0.3, 0.4) is 0 Å². The predicted molar refractivity (Wildman–Crippen MR) is 77.5 cm³/mol. The number of likely N-dealkylation sites (tertiary alicyclic amines) is 1. The molecular formula is C14H21BrN2. The molecule has 0 radical (unpaired) electrons. The number of hydrogen-bond acceptors (Lipinski definition) is 2. The van der Waals surface area contributed by atoms with Crippen molar-refractivity contribution in [3.63, 3.8) is 0 Å². The monoisotopic (exact) mass is 296 g/mol. The largest absolute Gasteiger partial charge is 0.384 e. The van der Waals surface area contributed by atoms with Crippen LogP contribution in [0.15, 0.2) is 28.7 Å². The van der Waals surface area contributed by atoms with Gasteiger partial charge < -0.3 is 5.32 Å². The first-order valence-electron chi connectivity index (χ1n) is 6.49. The Bertz CT molecular complexity index is 354. The molecule has 0 saturated carbocycles. The summed E-state index contributed by atoms with van der Waals surface area (Å²) < 4.78 is 1.13. The molecule has 1 saturated heterocycles. The van der Waals surface area contributed by atoms with Crippen LogP contribution >= 0.6 is 15.9 Å². The van der Waals surface area contributed by atoms with Crippen LogP contribution in [0.5, 0.6) is 0 Å². The van der Waals surface area contributed by atoms with Crippen molar-refractivity contribution in [2.45, 2.75) is 32.2 Å². The van der Waals surface area contributed by atoms with Crippen LogP contribution in [-0.2, 0) is 0 Å². The van der Waals surface area contributed by atoms with Gasteiger partial charge >= 0.3 is 0 Å². The zero-order valence-corrected chi connectivity index (χ0v) is 12.0. The highest BCUT2D eigenvalue weighted by atomic mass is 79.9. The van der Waals surface area contributed by atoms with Crippen molar-refractivity contribution in [1.29, 1.82) is 0 Å². The molecule has 1 N–H and O–H groups in total. The third-order valence-corrected chi connectivity index (χ3v) is 3.99. The first-order chi connectivity index (χ1) is 8.25. The molecule has 0 bridgehead atoms. The van der Waals surface area contributed by atoms with E-state index in [4.69, 9.17) is 0 Å². The van der Waals surface area contributed by atoms with Crippen molar-refractivity contribution < 1.29 is 0 Å². The summed E-state index contributed by atoms with van der Waals surface area (Å²) in [5, 5.41) is 3.48. The van der Waals surface area contributed by atoms with Crippen LogP contribution in [0.4, 0.5) is 5.69 Å². The molecule has 1 aromatic rings. The van der Waals surface area contributed by atoms with E-state index in [9.17, 15) is 0 Å². The summed E-state index contributed by atoms with van der Waals surface area (Å²) in [6, 6.07) is 9.12. The number of anilines is 1. The van der Waals surface area contributed by atoms with Crippen LogP contribution in [-0.4, -0.2) is 30.6 Å². The maximum atomic E-state index is 3.49. The quantitative estimate of drug-likeness (QED) is 0.911. The predicted octanol–water partition coefficient (Wildman–Crippen LogP) is 3.74. The number of hydrogen-bond donors (Lipinski definition) is 1. The second kappa shape index (κ2) is 6.41. The van der Waals surface area contributed by atoms with Gasteiger partial charge in [0.2, 0.25) is 0 Å². The topological polar surface area (TPSA) is 15.3 Å². The Morgan fingerprint density at radius 3 is 3.06 bits per heavy atom. The van der Waals surface area contributed by atoms with E-state index in [1.54, 1.807) is 0 Å². The van der Waals surface area contributed by atoms with Gasteiger partial charge in [-0.25, -0.2) is 0 Å². The third kappa shape index (κ3) is 4.00. The molecule has 2 rings (SSSR count). The summed E-state index contributed by atoms with van der Waals surface area (Å²) in [6.45, 7) is 5.79. The smallest absolute Gasteiger partial charge is 0.0351 e. The van der Waals surface area contributed by atoms with E-state index >= 15 is 0 Å². The normalized spacial score (nSPS) is 21.4. The average Bonchev–Trinajstić information content (AvgIpc) is 2.32. The van der Waals surface area contributed by atoms with Gasteiger partial charge in [0.1, 0.15) is 0 Å². The lowest BCUT2D eigenvalue weighted by atomic mass is 10.0. The van der Waals surface area contributed by atoms with E-state index in [1.165, 1.54) is 31.5 Å². The number of halogens is 1. The lowest BCUT2D eigenvalue weighted by Gasteiger charge is -2.33. The first-order valence-corrected chi connectivity index (χ1v) is 7.28. The minimum Gasteiger partial charge on any atom is -0.384 e. The van der Waals surface area contributed by atoms with Gasteiger partial charge in [0.25, 0.3) is 0 Å². The summed E-state index contributed by atoms with van der Waals surface area (Å²) in [4.78, 5) is 2.59. The summed E-state index contributed by atoms with van der Waals surface area (Å²) >= 11 is 3.49. The van der Waals surface area contributed by atoms with Gasteiger partial charge in [0.05, 0.1) is 0 Å². The minimum atomic E-state index is 0.757. The molecule has 2 nitrogen and oxygen atoms in total. The standard InChI is InChI=1S/C14H21BrN2/c1-12-5-2-3-9-17(12)10-8-16-14-7-4-6-13(15)11-14/h4,6-7,11-12,16H,2-3,5,8-10H2,1H3. The molecule has 1 aromatic carbocycles. The van der Waals surface area contributed by atoms with Gasteiger partial charge in [-0.3, -0.25) is 4.90 Å². The highest BCUT2D eigenvalue weighted by molar-refractivity contribution is 9.10. The lowest BCUT2D eigenvalue weighted by molar-refractivity contribution is 0.167. The number of benzene rings is 1. The second-order valence-electron chi connectivity index (χ2n) is 4.82. The fourth-order valence-corrected chi connectivity index (χ4v) is 2.83. The Kier molecular flexibility index (Phi) is 4.86. The summed E-state index contributed by atoms with van der Waals surface area (Å²) in [5.41, 5.74) is 1.20. The Morgan fingerprint density at radius 2 is 2.29 bits per heavy atom. The van der Waals surface area contributed by atoms with Crippen LogP contribution in [0.1, 0.15) is 26.2 Å². The van der Waals surface area contributed by atoms with E-state index in [1.807, 2.05) is 0 Å². The number of nitrogens with one attached hydrogen (secondary N) is 1. The van der Waals surface area contributed by atoms with E-state index in [0.29, 0.717) is 0 Å². The minimum absolute atomic E-state index is 0.757. The molecule has 17 heavy (non-hydrogen) atoms. The molecule has 1 aliphatic heterocycles. The Morgan fingerprint density at radius 1 is 1.41 bits per heavy atom. The third-order valence-electron chi connectivity index (χ3n) is 3.49. The molecule has 1 aliphatic rings. The SMILES string of the molecule is CC1CCCCN1CCNc1cccc(Br)c1. The average molecular weight is 297 g/mol. The number of piperidine rings is 1. The van der Waals surface area contributed by atoms with Crippen LogP contribution in [0.2, 0.25) is 0 Å².